The Morgan fingerprint density at radius 3 is 2.44 bits per heavy atom. The maximum absolute atomic E-state index is 11.7. The van der Waals surface area contributed by atoms with Crippen molar-refractivity contribution in [1.29, 1.82) is 0 Å². The van der Waals surface area contributed by atoms with Crippen LogP contribution in [0.15, 0.2) is 12.7 Å². The third kappa shape index (κ3) is 10.1. The molecule has 0 aliphatic rings. The average molecular weight is 256 g/mol. The molecule has 0 spiro atoms. The van der Waals surface area contributed by atoms with Crippen LogP contribution in [0.25, 0.3) is 0 Å². The van der Waals surface area contributed by atoms with E-state index in [4.69, 9.17) is 4.74 Å². The predicted octanol–water partition coefficient (Wildman–Crippen LogP) is 3.05. The summed E-state index contributed by atoms with van der Waals surface area (Å²) in [5.41, 5.74) is -0.465. The molecule has 0 heterocycles. The molecule has 0 radical (unpaired) electrons. The highest BCUT2D eigenvalue weighted by atomic mass is 16.6. The molecule has 4 nitrogen and oxygen atoms in total. The zero-order valence-electron chi connectivity index (χ0n) is 12.4. The van der Waals surface area contributed by atoms with Crippen LogP contribution in [-0.4, -0.2) is 24.4 Å². The number of hydrogen-bond acceptors (Lipinski definition) is 3. The van der Waals surface area contributed by atoms with Gasteiger partial charge in [-0.1, -0.05) is 19.9 Å². The van der Waals surface area contributed by atoms with E-state index < -0.39 is 5.60 Å². The molecular formula is C14H28N2O2. The van der Waals surface area contributed by atoms with E-state index in [0.717, 1.165) is 19.4 Å². The Bertz CT molecular complexity index is 257. The van der Waals surface area contributed by atoms with Crippen molar-refractivity contribution >= 4 is 6.09 Å². The minimum Gasteiger partial charge on any atom is -0.444 e. The first-order valence-corrected chi connectivity index (χ1v) is 6.58. The smallest absolute Gasteiger partial charge is 0.408 e. The van der Waals surface area contributed by atoms with Crippen molar-refractivity contribution in [2.45, 2.75) is 59.2 Å². The summed E-state index contributed by atoms with van der Waals surface area (Å²) in [4.78, 5) is 11.7. The molecule has 0 aliphatic carbocycles. The molecule has 1 atom stereocenters. The zero-order valence-corrected chi connectivity index (χ0v) is 12.4. The molecule has 0 rings (SSSR count). The van der Waals surface area contributed by atoms with Crippen LogP contribution >= 0.6 is 0 Å². The van der Waals surface area contributed by atoms with Crippen LogP contribution in [0, 0.1) is 5.92 Å². The fourth-order valence-electron chi connectivity index (χ4n) is 1.47. The topological polar surface area (TPSA) is 50.4 Å². The van der Waals surface area contributed by atoms with Gasteiger partial charge in [0.2, 0.25) is 0 Å². The van der Waals surface area contributed by atoms with E-state index >= 15 is 0 Å². The van der Waals surface area contributed by atoms with E-state index in [1.54, 1.807) is 0 Å². The summed E-state index contributed by atoms with van der Waals surface area (Å²) in [5, 5.41) is 6.14. The number of carbonyl (C=O) groups excluding carboxylic acids is 1. The molecule has 0 aromatic heterocycles. The van der Waals surface area contributed by atoms with E-state index in [9.17, 15) is 4.79 Å². The van der Waals surface area contributed by atoms with Crippen LogP contribution in [0.3, 0.4) is 0 Å². The van der Waals surface area contributed by atoms with Gasteiger partial charge < -0.3 is 10.1 Å². The normalized spacial score (nSPS) is 13.2. The fourth-order valence-corrected chi connectivity index (χ4v) is 1.47. The number of amides is 1. The van der Waals surface area contributed by atoms with Crippen LogP contribution in [0.5, 0.6) is 0 Å². The van der Waals surface area contributed by atoms with Crippen LogP contribution in [0.4, 0.5) is 4.79 Å². The highest BCUT2D eigenvalue weighted by Gasteiger charge is 2.19. The molecular weight excluding hydrogens is 228 g/mol. The minimum absolute atomic E-state index is 0.0557. The van der Waals surface area contributed by atoms with Crippen LogP contribution in [0.2, 0.25) is 0 Å². The van der Waals surface area contributed by atoms with Crippen LogP contribution in [-0.2, 0) is 4.74 Å². The van der Waals surface area contributed by atoms with Gasteiger partial charge in [-0.15, -0.1) is 6.58 Å². The average Bonchev–Trinajstić information content (AvgIpc) is 2.13. The molecule has 2 N–H and O–H groups in total. The van der Waals surface area contributed by atoms with Crippen molar-refractivity contribution in [2.24, 2.45) is 5.92 Å². The molecule has 18 heavy (non-hydrogen) atoms. The van der Waals surface area contributed by atoms with Gasteiger partial charge >= 0.3 is 6.09 Å². The Morgan fingerprint density at radius 2 is 2.00 bits per heavy atom. The van der Waals surface area contributed by atoms with E-state index in [1.807, 2.05) is 26.8 Å². The summed E-state index contributed by atoms with van der Waals surface area (Å²) in [5.74, 6) is 0.501. The first kappa shape index (κ1) is 17.0. The monoisotopic (exact) mass is 256 g/mol. The standard InChI is InChI=1S/C14H28N2O2/c1-7-8-9-15-12(10-11(2)3)16-13(17)18-14(4,5)6/h7,11-12,15H,1,8-10H2,2-6H3,(H,16,17)/t12-/m1/s1. The van der Waals surface area contributed by atoms with Crippen molar-refractivity contribution in [3.05, 3.63) is 12.7 Å². The van der Waals surface area contributed by atoms with Gasteiger partial charge in [0, 0.05) is 6.54 Å². The summed E-state index contributed by atoms with van der Waals surface area (Å²) in [6.45, 7) is 14.3. The second-order valence-corrected chi connectivity index (χ2v) is 5.86. The summed E-state index contributed by atoms with van der Waals surface area (Å²) in [6.07, 6.45) is 3.17. The molecule has 0 fully saturated rings. The van der Waals surface area contributed by atoms with Gasteiger partial charge in [0.15, 0.2) is 0 Å². The van der Waals surface area contributed by atoms with Gasteiger partial charge in [-0.3, -0.25) is 5.32 Å². The van der Waals surface area contributed by atoms with Gasteiger partial charge in [-0.2, -0.15) is 0 Å². The molecule has 0 unspecified atom stereocenters. The number of hydrogen-bond donors (Lipinski definition) is 2. The Labute approximate surface area is 111 Å². The lowest BCUT2D eigenvalue weighted by Crippen LogP contribution is -2.48. The number of nitrogens with one attached hydrogen (secondary N) is 2. The highest BCUT2D eigenvalue weighted by Crippen LogP contribution is 2.08. The molecule has 0 aromatic carbocycles. The van der Waals surface area contributed by atoms with E-state index in [2.05, 4.69) is 31.1 Å². The van der Waals surface area contributed by atoms with Crippen LogP contribution in [0.1, 0.15) is 47.5 Å². The zero-order chi connectivity index (χ0) is 14.2. The summed E-state index contributed by atoms with van der Waals surface area (Å²) in [7, 11) is 0. The van der Waals surface area contributed by atoms with Gasteiger partial charge in [0.05, 0.1) is 6.17 Å². The van der Waals surface area contributed by atoms with Gasteiger partial charge in [0.1, 0.15) is 5.60 Å². The van der Waals surface area contributed by atoms with Crippen molar-refractivity contribution in [2.75, 3.05) is 6.54 Å². The lowest BCUT2D eigenvalue weighted by atomic mass is 10.1. The third-order valence-electron chi connectivity index (χ3n) is 2.14. The highest BCUT2D eigenvalue weighted by molar-refractivity contribution is 5.68. The van der Waals surface area contributed by atoms with E-state index in [1.165, 1.54) is 0 Å². The van der Waals surface area contributed by atoms with Crippen LogP contribution < -0.4 is 10.6 Å². The first-order valence-electron chi connectivity index (χ1n) is 6.58. The Kier molecular flexibility index (Phi) is 7.67. The molecule has 4 heteroatoms. The Balaban J connectivity index is 4.21. The first-order chi connectivity index (χ1) is 8.24. The van der Waals surface area contributed by atoms with Gasteiger partial charge in [-0.05, 0) is 39.5 Å². The van der Waals surface area contributed by atoms with Gasteiger partial charge in [0.25, 0.3) is 0 Å². The SMILES string of the molecule is C=CCCN[C@@H](CC(C)C)NC(=O)OC(C)(C)C. The second kappa shape index (κ2) is 8.14. The van der Waals surface area contributed by atoms with Gasteiger partial charge in [-0.25, -0.2) is 4.79 Å². The summed E-state index contributed by atoms with van der Waals surface area (Å²) < 4.78 is 5.25. The molecule has 0 saturated heterocycles. The fraction of sp³-hybridized carbons (Fsp3) is 0.786. The molecule has 0 bridgehead atoms. The Hall–Kier alpha value is -1.03. The number of alkyl carbamates (subject to hydrolysis) is 1. The lowest BCUT2D eigenvalue weighted by molar-refractivity contribution is 0.0488. The number of rotatable bonds is 7. The van der Waals surface area contributed by atoms with Crippen molar-refractivity contribution in [1.82, 2.24) is 10.6 Å². The number of ether oxygens (including phenoxy) is 1. The largest absolute Gasteiger partial charge is 0.444 e. The quantitative estimate of drug-likeness (QED) is 0.418. The third-order valence-corrected chi connectivity index (χ3v) is 2.14. The van der Waals surface area contributed by atoms with E-state index in [0.29, 0.717) is 5.92 Å². The molecule has 106 valence electrons. The minimum atomic E-state index is -0.465. The Morgan fingerprint density at radius 1 is 1.39 bits per heavy atom. The molecule has 1 amide bonds. The predicted molar refractivity (Wildman–Crippen MR) is 75.4 cm³/mol. The van der Waals surface area contributed by atoms with Crippen molar-refractivity contribution in [3.63, 3.8) is 0 Å². The second-order valence-electron chi connectivity index (χ2n) is 5.86. The molecule has 0 saturated carbocycles. The summed E-state index contributed by atoms with van der Waals surface area (Å²) in [6, 6.07) is 0. The molecule has 0 aliphatic heterocycles. The lowest BCUT2D eigenvalue weighted by Gasteiger charge is -2.25. The van der Waals surface area contributed by atoms with E-state index in [-0.39, 0.29) is 12.3 Å². The molecule has 0 aromatic rings. The summed E-state index contributed by atoms with van der Waals surface area (Å²) >= 11 is 0. The number of carbonyl (C=O) groups is 1. The maximum Gasteiger partial charge on any atom is 0.408 e. The van der Waals surface area contributed by atoms with Crippen molar-refractivity contribution in [3.8, 4) is 0 Å². The van der Waals surface area contributed by atoms with Crippen molar-refractivity contribution < 1.29 is 9.53 Å². The maximum atomic E-state index is 11.7.